The van der Waals surface area contributed by atoms with Crippen molar-refractivity contribution in [2.75, 3.05) is 13.2 Å². The molecule has 1 amide bonds. The normalized spacial score (nSPS) is 9.81. The van der Waals surface area contributed by atoms with E-state index in [9.17, 15) is 14.9 Å². The van der Waals surface area contributed by atoms with Gasteiger partial charge in [0.25, 0.3) is 5.69 Å². The Kier molecular flexibility index (Phi) is 4.41. The first-order chi connectivity index (χ1) is 7.65. The Morgan fingerprint density at radius 1 is 1.44 bits per heavy atom. The number of nitrogens with zero attached hydrogens (tertiary/aromatic N) is 1. The van der Waals surface area contributed by atoms with Crippen LogP contribution in [0.2, 0.25) is 0 Å². The highest BCUT2D eigenvalue weighted by molar-refractivity contribution is 5.79. The van der Waals surface area contributed by atoms with Gasteiger partial charge in [0.15, 0.2) is 0 Å². The number of hydrogen-bond donors (Lipinski definition) is 2. The van der Waals surface area contributed by atoms with Crippen LogP contribution in [-0.2, 0) is 11.2 Å². The maximum atomic E-state index is 11.3. The van der Waals surface area contributed by atoms with Gasteiger partial charge in [-0.25, -0.2) is 0 Å². The van der Waals surface area contributed by atoms with Crippen LogP contribution in [0.15, 0.2) is 24.3 Å². The molecule has 1 rings (SSSR count). The van der Waals surface area contributed by atoms with Crippen LogP contribution in [0.1, 0.15) is 5.56 Å². The number of aliphatic hydroxyl groups excluding tert-OH is 1. The van der Waals surface area contributed by atoms with Crippen molar-refractivity contribution in [2.24, 2.45) is 0 Å². The molecule has 0 aliphatic rings. The number of benzene rings is 1. The number of carbonyl (C=O) groups is 1. The molecule has 86 valence electrons. The molecular formula is C10H12N2O4. The Morgan fingerprint density at radius 3 is 2.75 bits per heavy atom. The lowest BCUT2D eigenvalue weighted by molar-refractivity contribution is -0.385. The minimum absolute atomic E-state index is 0.0584. The van der Waals surface area contributed by atoms with Gasteiger partial charge in [0.2, 0.25) is 5.91 Å². The molecule has 1 aromatic carbocycles. The van der Waals surface area contributed by atoms with Gasteiger partial charge in [-0.15, -0.1) is 0 Å². The lowest BCUT2D eigenvalue weighted by Crippen LogP contribution is -2.28. The third-order valence-electron chi connectivity index (χ3n) is 1.97. The van der Waals surface area contributed by atoms with E-state index in [4.69, 9.17) is 5.11 Å². The van der Waals surface area contributed by atoms with Crippen molar-refractivity contribution in [3.63, 3.8) is 0 Å². The van der Waals surface area contributed by atoms with E-state index < -0.39 is 4.92 Å². The number of nitro groups is 1. The molecule has 0 unspecified atom stereocenters. The summed E-state index contributed by atoms with van der Waals surface area (Å²) < 4.78 is 0. The third kappa shape index (κ3) is 3.32. The molecule has 0 aliphatic heterocycles. The second-order valence-electron chi connectivity index (χ2n) is 3.14. The van der Waals surface area contributed by atoms with Gasteiger partial charge >= 0.3 is 0 Å². The highest BCUT2D eigenvalue weighted by Crippen LogP contribution is 2.17. The Bertz CT molecular complexity index is 392. The molecule has 16 heavy (non-hydrogen) atoms. The van der Waals surface area contributed by atoms with Crippen molar-refractivity contribution in [1.29, 1.82) is 0 Å². The van der Waals surface area contributed by atoms with Crippen LogP contribution < -0.4 is 5.32 Å². The van der Waals surface area contributed by atoms with Crippen molar-refractivity contribution in [1.82, 2.24) is 5.32 Å². The van der Waals surface area contributed by atoms with Gasteiger partial charge in [-0.3, -0.25) is 14.9 Å². The molecule has 2 N–H and O–H groups in total. The molecule has 0 saturated heterocycles. The monoisotopic (exact) mass is 224 g/mol. The average molecular weight is 224 g/mol. The minimum Gasteiger partial charge on any atom is -0.395 e. The molecule has 1 aromatic rings. The minimum atomic E-state index is -0.519. The summed E-state index contributed by atoms with van der Waals surface area (Å²) in [6.07, 6.45) is -0.0584. The molecule has 0 radical (unpaired) electrons. The van der Waals surface area contributed by atoms with Crippen LogP contribution >= 0.6 is 0 Å². The van der Waals surface area contributed by atoms with Crippen molar-refractivity contribution in [2.45, 2.75) is 6.42 Å². The zero-order valence-corrected chi connectivity index (χ0v) is 8.55. The predicted molar refractivity (Wildman–Crippen MR) is 56.9 cm³/mol. The lowest BCUT2D eigenvalue weighted by atomic mass is 10.1. The first-order valence-corrected chi connectivity index (χ1v) is 4.75. The summed E-state index contributed by atoms with van der Waals surface area (Å²) >= 11 is 0. The smallest absolute Gasteiger partial charge is 0.273 e. The number of rotatable bonds is 5. The predicted octanol–water partition coefficient (Wildman–Crippen LogP) is 0.246. The van der Waals surface area contributed by atoms with Crippen LogP contribution in [0.3, 0.4) is 0 Å². The largest absolute Gasteiger partial charge is 0.395 e. The maximum absolute atomic E-state index is 11.3. The van der Waals surface area contributed by atoms with E-state index in [-0.39, 0.29) is 31.2 Å². The molecule has 6 nitrogen and oxygen atoms in total. The van der Waals surface area contributed by atoms with Gasteiger partial charge in [-0.05, 0) is 0 Å². The molecule has 0 heterocycles. The van der Waals surface area contributed by atoms with Crippen LogP contribution in [0.25, 0.3) is 0 Å². The number of nitro benzene ring substituents is 1. The van der Waals surface area contributed by atoms with Gasteiger partial charge in [-0.1, -0.05) is 18.2 Å². The van der Waals surface area contributed by atoms with Crippen molar-refractivity contribution in [3.05, 3.63) is 39.9 Å². The van der Waals surface area contributed by atoms with Crippen molar-refractivity contribution < 1.29 is 14.8 Å². The number of carbonyl (C=O) groups excluding carboxylic acids is 1. The zero-order valence-electron chi connectivity index (χ0n) is 8.55. The first-order valence-electron chi connectivity index (χ1n) is 4.75. The Balaban J connectivity index is 2.73. The molecule has 0 atom stereocenters. The quantitative estimate of drug-likeness (QED) is 0.553. The Morgan fingerprint density at radius 2 is 2.12 bits per heavy atom. The van der Waals surface area contributed by atoms with Crippen LogP contribution in [0.5, 0.6) is 0 Å². The number of hydrogen-bond acceptors (Lipinski definition) is 4. The van der Waals surface area contributed by atoms with Crippen molar-refractivity contribution >= 4 is 11.6 Å². The summed E-state index contributed by atoms with van der Waals surface area (Å²) in [6, 6.07) is 6.08. The molecule has 0 saturated carbocycles. The van der Waals surface area contributed by atoms with E-state index >= 15 is 0 Å². The zero-order chi connectivity index (χ0) is 12.0. The van der Waals surface area contributed by atoms with E-state index in [1.54, 1.807) is 12.1 Å². The lowest BCUT2D eigenvalue weighted by Gasteiger charge is -2.03. The van der Waals surface area contributed by atoms with Crippen LogP contribution in [0.4, 0.5) is 5.69 Å². The van der Waals surface area contributed by atoms with Gasteiger partial charge in [0.1, 0.15) is 0 Å². The summed E-state index contributed by atoms with van der Waals surface area (Å²) in [5, 5.41) is 21.6. The van der Waals surface area contributed by atoms with Crippen LogP contribution in [-0.4, -0.2) is 29.1 Å². The maximum Gasteiger partial charge on any atom is 0.273 e. The molecular weight excluding hydrogens is 212 g/mol. The van der Waals surface area contributed by atoms with E-state index in [1.165, 1.54) is 12.1 Å². The summed E-state index contributed by atoms with van der Waals surface area (Å²) in [6.45, 7) is 0.00207. The molecule has 0 aromatic heterocycles. The topological polar surface area (TPSA) is 92.5 Å². The summed E-state index contributed by atoms with van der Waals surface area (Å²) in [5.41, 5.74) is 0.296. The first kappa shape index (κ1) is 12.1. The number of para-hydroxylation sites is 1. The van der Waals surface area contributed by atoms with Gasteiger partial charge in [-0.2, -0.15) is 0 Å². The SMILES string of the molecule is O=C(Cc1ccccc1[N+](=O)[O-])NCCO. The van der Waals surface area contributed by atoms with E-state index in [2.05, 4.69) is 5.32 Å². The summed E-state index contributed by atoms with van der Waals surface area (Å²) in [4.78, 5) is 21.4. The molecule has 0 bridgehead atoms. The van der Waals surface area contributed by atoms with E-state index in [0.29, 0.717) is 5.56 Å². The standard InChI is InChI=1S/C10H12N2O4/c13-6-5-11-10(14)7-8-3-1-2-4-9(8)12(15)16/h1-4,13H,5-7H2,(H,11,14). The molecule has 6 heteroatoms. The fourth-order valence-corrected chi connectivity index (χ4v) is 1.27. The molecule has 0 aliphatic carbocycles. The fraction of sp³-hybridized carbons (Fsp3) is 0.300. The Labute approximate surface area is 92.0 Å². The second kappa shape index (κ2) is 5.82. The fourth-order valence-electron chi connectivity index (χ4n) is 1.27. The highest BCUT2D eigenvalue weighted by atomic mass is 16.6. The van der Waals surface area contributed by atoms with Gasteiger partial charge in [0.05, 0.1) is 18.0 Å². The third-order valence-corrected chi connectivity index (χ3v) is 1.97. The Hall–Kier alpha value is -1.95. The highest BCUT2D eigenvalue weighted by Gasteiger charge is 2.14. The number of aliphatic hydroxyl groups is 1. The number of nitrogens with one attached hydrogen (secondary N) is 1. The molecule has 0 spiro atoms. The number of amides is 1. The molecule has 0 fully saturated rings. The summed E-state index contributed by atoms with van der Waals surface area (Å²) in [5.74, 6) is -0.344. The van der Waals surface area contributed by atoms with Gasteiger partial charge in [0, 0.05) is 18.2 Å². The van der Waals surface area contributed by atoms with Gasteiger partial charge < -0.3 is 10.4 Å². The van der Waals surface area contributed by atoms with E-state index in [1.807, 2.05) is 0 Å². The second-order valence-corrected chi connectivity index (χ2v) is 3.14. The van der Waals surface area contributed by atoms with Crippen LogP contribution in [0, 0.1) is 10.1 Å². The van der Waals surface area contributed by atoms with E-state index in [0.717, 1.165) is 0 Å². The summed E-state index contributed by atoms with van der Waals surface area (Å²) in [7, 11) is 0. The van der Waals surface area contributed by atoms with Crippen molar-refractivity contribution in [3.8, 4) is 0 Å². The average Bonchev–Trinajstić information content (AvgIpc) is 2.27.